The molecule has 114 valence electrons. The van der Waals surface area contributed by atoms with E-state index >= 15 is 0 Å². The standard InChI is InChI=1S/C16H20FNO3/c17-12-7-5-11(6-8-12)9-10-18-15(19)13-3-1-2-4-14(13)16(20)21/h5-8,13-14H,1-4,9-10H2,(H,18,19)(H,20,21)/t13-,14-/m0/s1. The van der Waals surface area contributed by atoms with Gasteiger partial charge in [0.2, 0.25) is 5.91 Å². The van der Waals surface area contributed by atoms with E-state index in [0.717, 1.165) is 18.4 Å². The van der Waals surface area contributed by atoms with Crippen LogP contribution in [0.25, 0.3) is 0 Å². The first kappa shape index (κ1) is 15.5. The summed E-state index contributed by atoms with van der Waals surface area (Å²) in [4.78, 5) is 23.3. The van der Waals surface area contributed by atoms with Gasteiger partial charge in [-0.3, -0.25) is 9.59 Å². The Morgan fingerprint density at radius 1 is 1.14 bits per heavy atom. The van der Waals surface area contributed by atoms with Crippen LogP contribution in [0.2, 0.25) is 0 Å². The molecule has 0 saturated heterocycles. The Hall–Kier alpha value is -1.91. The van der Waals surface area contributed by atoms with Crippen LogP contribution >= 0.6 is 0 Å². The predicted octanol–water partition coefficient (Wildman–Crippen LogP) is 2.38. The molecule has 0 heterocycles. The molecule has 1 fully saturated rings. The van der Waals surface area contributed by atoms with Crippen LogP contribution in [0.15, 0.2) is 24.3 Å². The van der Waals surface area contributed by atoms with Crippen molar-refractivity contribution in [3.8, 4) is 0 Å². The lowest BCUT2D eigenvalue weighted by molar-refractivity contribution is -0.148. The number of carbonyl (C=O) groups is 2. The third-order valence-electron chi connectivity index (χ3n) is 4.05. The third-order valence-corrected chi connectivity index (χ3v) is 4.05. The highest BCUT2D eigenvalue weighted by atomic mass is 19.1. The smallest absolute Gasteiger partial charge is 0.307 e. The summed E-state index contributed by atoms with van der Waals surface area (Å²) in [7, 11) is 0. The van der Waals surface area contributed by atoms with E-state index in [1.807, 2.05) is 0 Å². The van der Waals surface area contributed by atoms with Gasteiger partial charge in [-0.2, -0.15) is 0 Å². The van der Waals surface area contributed by atoms with Gasteiger partial charge < -0.3 is 10.4 Å². The normalized spacial score (nSPS) is 21.8. The molecule has 0 unspecified atom stereocenters. The van der Waals surface area contributed by atoms with Crippen molar-refractivity contribution >= 4 is 11.9 Å². The maximum atomic E-state index is 12.8. The highest BCUT2D eigenvalue weighted by Crippen LogP contribution is 2.30. The number of carboxylic acids is 1. The Kier molecular flexibility index (Phi) is 5.31. The summed E-state index contributed by atoms with van der Waals surface area (Å²) in [6.45, 7) is 0.438. The number of amides is 1. The molecule has 1 aliphatic rings. The van der Waals surface area contributed by atoms with Crippen molar-refractivity contribution in [2.45, 2.75) is 32.1 Å². The second kappa shape index (κ2) is 7.20. The summed E-state index contributed by atoms with van der Waals surface area (Å²) in [5.74, 6) is -2.33. The second-order valence-corrected chi connectivity index (χ2v) is 5.50. The van der Waals surface area contributed by atoms with E-state index < -0.39 is 17.8 Å². The number of nitrogens with one attached hydrogen (secondary N) is 1. The lowest BCUT2D eigenvalue weighted by atomic mass is 9.78. The van der Waals surface area contributed by atoms with E-state index in [2.05, 4.69) is 5.32 Å². The van der Waals surface area contributed by atoms with E-state index in [4.69, 9.17) is 0 Å². The zero-order chi connectivity index (χ0) is 15.2. The Labute approximate surface area is 123 Å². The van der Waals surface area contributed by atoms with E-state index in [9.17, 15) is 19.1 Å². The SMILES string of the molecule is O=C(O)[C@H]1CCCC[C@@H]1C(=O)NCCc1ccc(F)cc1. The molecule has 2 N–H and O–H groups in total. The minimum Gasteiger partial charge on any atom is -0.481 e. The van der Waals surface area contributed by atoms with Crippen LogP contribution in [0.4, 0.5) is 4.39 Å². The lowest BCUT2D eigenvalue weighted by Gasteiger charge is -2.27. The average molecular weight is 293 g/mol. The van der Waals surface area contributed by atoms with Crippen LogP contribution in [0.5, 0.6) is 0 Å². The van der Waals surface area contributed by atoms with Crippen LogP contribution < -0.4 is 5.32 Å². The molecule has 0 bridgehead atoms. The van der Waals surface area contributed by atoms with Crippen molar-refractivity contribution in [3.63, 3.8) is 0 Å². The Balaban J connectivity index is 1.83. The average Bonchev–Trinajstić information content (AvgIpc) is 2.49. The van der Waals surface area contributed by atoms with Gasteiger partial charge in [0.05, 0.1) is 11.8 Å². The zero-order valence-corrected chi connectivity index (χ0v) is 11.8. The highest BCUT2D eigenvalue weighted by Gasteiger charge is 2.35. The molecule has 1 aromatic carbocycles. The van der Waals surface area contributed by atoms with Gasteiger partial charge in [-0.05, 0) is 37.0 Å². The van der Waals surface area contributed by atoms with E-state index in [1.165, 1.54) is 12.1 Å². The molecule has 5 heteroatoms. The first-order valence-electron chi connectivity index (χ1n) is 7.33. The molecule has 1 aliphatic carbocycles. The molecule has 0 aromatic heterocycles. The number of benzene rings is 1. The summed E-state index contributed by atoms with van der Waals surface area (Å²) in [6.07, 6.45) is 3.59. The summed E-state index contributed by atoms with van der Waals surface area (Å²) >= 11 is 0. The summed E-state index contributed by atoms with van der Waals surface area (Å²) in [6, 6.07) is 6.14. The van der Waals surface area contributed by atoms with Crippen molar-refractivity contribution in [2.75, 3.05) is 6.54 Å². The first-order valence-corrected chi connectivity index (χ1v) is 7.33. The molecule has 1 aromatic rings. The van der Waals surface area contributed by atoms with Crippen molar-refractivity contribution in [2.24, 2.45) is 11.8 Å². The fraction of sp³-hybridized carbons (Fsp3) is 0.500. The maximum absolute atomic E-state index is 12.8. The molecule has 2 rings (SSSR count). The predicted molar refractivity (Wildman–Crippen MR) is 76.2 cm³/mol. The molecule has 21 heavy (non-hydrogen) atoms. The summed E-state index contributed by atoms with van der Waals surface area (Å²) in [5, 5.41) is 12.0. The van der Waals surface area contributed by atoms with Crippen LogP contribution in [0, 0.1) is 17.7 Å². The lowest BCUT2D eigenvalue weighted by Crippen LogP contribution is -2.40. The minimum absolute atomic E-state index is 0.177. The number of hydrogen-bond acceptors (Lipinski definition) is 2. The Morgan fingerprint density at radius 2 is 1.76 bits per heavy atom. The van der Waals surface area contributed by atoms with Gasteiger partial charge in [-0.1, -0.05) is 25.0 Å². The number of carbonyl (C=O) groups excluding carboxylic acids is 1. The van der Waals surface area contributed by atoms with E-state index in [1.54, 1.807) is 12.1 Å². The van der Waals surface area contributed by atoms with Gasteiger partial charge >= 0.3 is 5.97 Å². The van der Waals surface area contributed by atoms with Crippen molar-refractivity contribution in [1.29, 1.82) is 0 Å². The Morgan fingerprint density at radius 3 is 2.38 bits per heavy atom. The quantitative estimate of drug-likeness (QED) is 0.876. The molecule has 0 radical (unpaired) electrons. The summed E-state index contributed by atoms with van der Waals surface area (Å²) < 4.78 is 12.8. The van der Waals surface area contributed by atoms with Gasteiger partial charge in [-0.25, -0.2) is 4.39 Å². The summed E-state index contributed by atoms with van der Waals surface area (Å²) in [5.41, 5.74) is 0.940. The monoisotopic (exact) mass is 293 g/mol. The van der Waals surface area contributed by atoms with Gasteiger partial charge in [0, 0.05) is 6.54 Å². The van der Waals surface area contributed by atoms with Gasteiger partial charge in [0.1, 0.15) is 5.82 Å². The number of hydrogen-bond donors (Lipinski definition) is 2. The number of halogens is 1. The fourth-order valence-corrected chi connectivity index (χ4v) is 2.85. The molecule has 1 amide bonds. The topological polar surface area (TPSA) is 66.4 Å². The van der Waals surface area contributed by atoms with E-state index in [-0.39, 0.29) is 11.7 Å². The second-order valence-electron chi connectivity index (χ2n) is 5.50. The van der Waals surface area contributed by atoms with Crippen molar-refractivity contribution in [3.05, 3.63) is 35.6 Å². The van der Waals surface area contributed by atoms with Crippen molar-refractivity contribution < 1.29 is 19.1 Å². The molecular formula is C16H20FNO3. The molecular weight excluding hydrogens is 273 g/mol. The highest BCUT2D eigenvalue weighted by molar-refractivity contribution is 5.84. The Bertz CT molecular complexity index is 501. The number of carboxylic acid groups (broad SMARTS) is 1. The van der Waals surface area contributed by atoms with Crippen LogP contribution in [0.1, 0.15) is 31.2 Å². The molecule has 1 saturated carbocycles. The largest absolute Gasteiger partial charge is 0.481 e. The molecule has 0 spiro atoms. The van der Waals surface area contributed by atoms with Gasteiger partial charge in [-0.15, -0.1) is 0 Å². The van der Waals surface area contributed by atoms with Gasteiger partial charge in [0.15, 0.2) is 0 Å². The van der Waals surface area contributed by atoms with Gasteiger partial charge in [0.25, 0.3) is 0 Å². The van der Waals surface area contributed by atoms with Crippen LogP contribution in [-0.4, -0.2) is 23.5 Å². The number of rotatable bonds is 5. The van der Waals surface area contributed by atoms with Crippen molar-refractivity contribution in [1.82, 2.24) is 5.32 Å². The third kappa shape index (κ3) is 4.28. The minimum atomic E-state index is -0.881. The number of aliphatic carboxylic acids is 1. The molecule has 0 aliphatic heterocycles. The van der Waals surface area contributed by atoms with E-state index in [0.29, 0.717) is 25.8 Å². The maximum Gasteiger partial charge on any atom is 0.307 e. The zero-order valence-electron chi connectivity index (χ0n) is 11.8. The first-order chi connectivity index (χ1) is 10.1. The molecule has 2 atom stereocenters. The van der Waals surface area contributed by atoms with Crippen LogP contribution in [0.3, 0.4) is 0 Å². The van der Waals surface area contributed by atoms with Crippen LogP contribution in [-0.2, 0) is 16.0 Å². The fourth-order valence-electron chi connectivity index (χ4n) is 2.85. The molecule has 4 nitrogen and oxygen atoms in total.